The van der Waals surface area contributed by atoms with Crippen LogP contribution in [0.4, 0.5) is 0 Å². The van der Waals surface area contributed by atoms with Gasteiger partial charge in [-0.15, -0.1) is 0 Å². The summed E-state index contributed by atoms with van der Waals surface area (Å²) in [7, 11) is -1.85. The van der Waals surface area contributed by atoms with Crippen LogP contribution in [0.25, 0.3) is 0 Å². The van der Waals surface area contributed by atoms with E-state index in [9.17, 15) is 8.42 Å². The first-order valence-electron chi connectivity index (χ1n) is 6.27. The molecule has 0 amide bonds. The van der Waals surface area contributed by atoms with Gasteiger partial charge in [-0.05, 0) is 30.7 Å². The highest BCUT2D eigenvalue weighted by Crippen LogP contribution is 2.16. The van der Waals surface area contributed by atoms with E-state index >= 15 is 0 Å². The van der Waals surface area contributed by atoms with Gasteiger partial charge in [-0.2, -0.15) is 10.4 Å². The molecule has 1 N–H and O–H groups in total. The zero-order chi connectivity index (χ0) is 15.5. The summed E-state index contributed by atoms with van der Waals surface area (Å²) in [5.74, 6) is 0.580. The number of nitrogens with zero attached hydrogens (tertiary/aromatic N) is 4. The topological polar surface area (TPSA) is 101 Å². The predicted octanol–water partition coefficient (Wildman–Crippen LogP) is 0.516. The standard InChI is InChI=1S/C13H15N5O2S/c1-10-7-11(8-14)3-4-12(10)21(19,20)16-6-5-13-15-9-18(2)17-13/h3-4,7,9,16H,5-6H2,1-2H3. The molecule has 0 fully saturated rings. The van der Waals surface area contributed by atoms with Gasteiger partial charge in [-0.25, -0.2) is 18.1 Å². The van der Waals surface area contributed by atoms with E-state index in [2.05, 4.69) is 14.8 Å². The number of nitrogens with one attached hydrogen (secondary N) is 1. The summed E-state index contributed by atoms with van der Waals surface area (Å²) in [4.78, 5) is 4.21. The van der Waals surface area contributed by atoms with E-state index < -0.39 is 10.0 Å². The molecule has 0 aliphatic heterocycles. The fourth-order valence-corrected chi connectivity index (χ4v) is 3.15. The number of hydrogen-bond acceptors (Lipinski definition) is 5. The quantitative estimate of drug-likeness (QED) is 0.867. The normalized spacial score (nSPS) is 11.3. The molecular weight excluding hydrogens is 290 g/mol. The Morgan fingerprint density at radius 2 is 2.19 bits per heavy atom. The van der Waals surface area contributed by atoms with Crippen LogP contribution in [0.3, 0.4) is 0 Å². The number of sulfonamides is 1. The summed E-state index contributed by atoms with van der Waals surface area (Å²) in [5.41, 5.74) is 0.974. The monoisotopic (exact) mass is 305 g/mol. The fourth-order valence-electron chi connectivity index (χ4n) is 1.89. The minimum absolute atomic E-state index is 0.176. The van der Waals surface area contributed by atoms with Crippen molar-refractivity contribution in [2.45, 2.75) is 18.2 Å². The minimum atomic E-state index is -3.60. The van der Waals surface area contributed by atoms with Gasteiger partial charge in [0, 0.05) is 20.0 Å². The Kier molecular flexibility index (Phi) is 4.35. The van der Waals surface area contributed by atoms with Gasteiger partial charge >= 0.3 is 0 Å². The SMILES string of the molecule is Cc1cc(C#N)ccc1S(=O)(=O)NCCc1ncn(C)n1. The fraction of sp³-hybridized carbons (Fsp3) is 0.308. The molecule has 0 atom stereocenters. The molecule has 0 aliphatic carbocycles. The number of hydrogen-bond donors (Lipinski definition) is 1. The first kappa shape index (κ1) is 15.2. The highest BCUT2D eigenvalue weighted by molar-refractivity contribution is 7.89. The molecule has 8 heteroatoms. The van der Waals surface area contributed by atoms with Gasteiger partial charge in [0.25, 0.3) is 0 Å². The van der Waals surface area contributed by atoms with Crippen molar-refractivity contribution in [3.8, 4) is 6.07 Å². The average molecular weight is 305 g/mol. The molecule has 0 radical (unpaired) electrons. The lowest BCUT2D eigenvalue weighted by molar-refractivity contribution is 0.580. The van der Waals surface area contributed by atoms with E-state index in [1.54, 1.807) is 31.0 Å². The molecule has 0 bridgehead atoms. The Morgan fingerprint density at radius 3 is 2.76 bits per heavy atom. The number of aromatic nitrogens is 3. The van der Waals surface area contributed by atoms with Crippen molar-refractivity contribution in [3.63, 3.8) is 0 Å². The van der Waals surface area contributed by atoms with E-state index in [4.69, 9.17) is 5.26 Å². The molecule has 0 spiro atoms. The van der Waals surface area contributed by atoms with Crippen molar-refractivity contribution >= 4 is 10.0 Å². The lowest BCUT2D eigenvalue weighted by Crippen LogP contribution is -2.27. The van der Waals surface area contributed by atoms with Crippen LogP contribution in [0.5, 0.6) is 0 Å². The molecule has 0 unspecified atom stereocenters. The van der Waals surface area contributed by atoms with Crippen LogP contribution in [0.1, 0.15) is 17.0 Å². The summed E-state index contributed by atoms with van der Waals surface area (Å²) in [6.45, 7) is 1.88. The molecule has 0 aliphatic rings. The highest BCUT2D eigenvalue weighted by atomic mass is 32.2. The van der Waals surface area contributed by atoms with Gasteiger partial charge in [0.15, 0.2) is 5.82 Å². The highest BCUT2D eigenvalue weighted by Gasteiger charge is 2.16. The third-order valence-corrected chi connectivity index (χ3v) is 4.50. The van der Waals surface area contributed by atoms with Crippen LogP contribution >= 0.6 is 0 Å². The third-order valence-electron chi connectivity index (χ3n) is 2.88. The Balaban J connectivity index is 2.06. The van der Waals surface area contributed by atoms with Crippen LogP contribution in [-0.4, -0.2) is 29.7 Å². The van der Waals surface area contributed by atoms with E-state index in [-0.39, 0.29) is 11.4 Å². The van der Waals surface area contributed by atoms with Gasteiger partial charge < -0.3 is 0 Å². The zero-order valence-corrected chi connectivity index (χ0v) is 12.6. The van der Waals surface area contributed by atoms with Gasteiger partial charge in [0.1, 0.15) is 6.33 Å². The van der Waals surface area contributed by atoms with Crippen LogP contribution in [-0.2, 0) is 23.5 Å². The molecule has 2 aromatic rings. The second-order valence-electron chi connectivity index (χ2n) is 4.57. The van der Waals surface area contributed by atoms with Crippen molar-refractivity contribution in [2.24, 2.45) is 7.05 Å². The average Bonchev–Trinajstić information content (AvgIpc) is 2.83. The largest absolute Gasteiger partial charge is 0.256 e. The van der Waals surface area contributed by atoms with Crippen LogP contribution in [0.2, 0.25) is 0 Å². The van der Waals surface area contributed by atoms with Crippen LogP contribution in [0.15, 0.2) is 29.4 Å². The molecule has 110 valence electrons. The number of rotatable bonds is 5. The van der Waals surface area contributed by atoms with E-state index in [0.29, 0.717) is 23.4 Å². The molecule has 0 saturated heterocycles. The summed E-state index contributed by atoms with van der Waals surface area (Å²) in [6, 6.07) is 6.46. The number of aryl methyl sites for hydroxylation is 2. The van der Waals surface area contributed by atoms with Crippen molar-refractivity contribution in [1.82, 2.24) is 19.5 Å². The maximum absolute atomic E-state index is 12.2. The molecule has 1 aromatic carbocycles. The maximum Gasteiger partial charge on any atom is 0.240 e. The first-order chi connectivity index (χ1) is 9.92. The molecular formula is C13H15N5O2S. The molecule has 21 heavy (non-hydrogen) atoms. The molecule has 1 aromatic heterocycles. The summed E-state index contributed by atoms with van der Waals surface area (Å²) in [6.07, 6.45) is 1.98. The molecule has 2 rings (SSSR count). The number of benzene rings is 1. The van der Waals surface area contributed by atoms with Crippen LogP contribution < -0.4 is 4.72 Å². The van der Waals surface area contributed by atoms with E-state index in [1.165, 1.54) is 12.1 Å². The zero-order valence-electron chi connectivity index (χ0n) is 11.7. The van der Waals surface area contributed by atoms with Gasteiger partial charge in [-0.3, -0.25) is 4.68 Å². The van der Waals surface area contributed by atoms with Crippen molar-refractivity contribution < 1.29 is 8.42 Å². The first-order valence-corrected chi connectivity index (χ1v) is 7.75. The smallest absolute Gasteiger partial charge is 0.240 e. The van der Waals surface area contributed by atoms with Gasteiger partial charge in [0.2, 0.25) is 10.0 Å². The lowest BCUT2D eigenvalue weighted by atomic mass is 10.2. The van der Waals surface area contributed by atoms with Gasteiger partial charge in [-0.1, -0.05) is 0 Å². The second-order valence-corrected chi connectivity index (χ2v) is 6.31. The van der Waals surface area contributed by atoms with Crippen LogP contribution in [0, 0.1) is 18.3 Å². The van der Waals surface area contributed by atoms with Crippen molar-refractivity contribution in [3.05, 3.63) is 41.5 Å². The van der Waals surface area contributed by atoms with Gasteiger partial charge in [0.05, 0.1) is 16.5 Å². The summed E-state index contributed by atoms with van der Waals surface area (Å²) < 4.78 is 28.5. The summed E-state index contributed by atoms with van der Waals surface area (Å²) in [5, 5.41) is 12.9. The number of nitriles is 1. The Bertz CT molecular complexity index is 789. The summed E-state index contributed by atoms with van der Waals surface area (Å²) >= 11 is 0. The maximum atomic E-state index is 12.2. The van der Waals surface area contributed by atoms with E-state index in [0.717, 1.165) is 0 Å². The minimum Gasteiger partial charge on any atom is -0.256 e. The molecule has 1 heterocycles. The predicted molar refractivity (Wildman–Crippen MR) is 75.8 cm³/mol. The molecule has 7 nitrogen and oxygen atoms in total. The third kappa shape index (κ3) is 3.65. The lowest BCUT2D eigenvalue weighted by Gasteiger charge is -2.08. The Labute approximate surface area is 123 Å². The molecule has 0 saturated carbocycles. The Morgan fingerprint density at radius 1 is 1.43 bits per heavy atom. The van der Waals surface area contributed by atoms with Crippen molar-refractivity contribution in [2.75, 3.05) is 6.54 Å². The second kappa shape index (κ2) is 6.03. The Hall–Kier alpha value is -2.24. The van der Waals surface area contributed by atoms with E-state index in [1.807, 2.05) is 6.07 Å². The van der Waals surface area contributed by atoms with Crippen molar-refractivity contribution in [1.29, 1.82) is 5.26 Å².